The first-order valence-electron chi connectivity index (χ1n) is 5.58. The van der Waals surface area contributed by atoms with Gasteiger partial charge in [0.1, 0.15) is 0 Å². The molecule has 0 radical (unpaired) electrons. The summed E-state index contributed by atoms with van der Waals surface area (Å²) in [6.45, 7) is 6.27. The maximum absolute atomic E-state index is 5.38. The molecule has 1 fully saturated rings. The van der Waals surface area contributed by atoms with E-state index in [-0.39, 0.29) is 0 Å². The summed E-state index contributed by atoms with van der Waals surface area (Å²) >= 11 is 2.04. The quantitative estimate of drug-likeness (QED) is 0.756. The third-order valence-electron chi connectivity index (χ3n) is 2.86. The van der Waals surface area contributed by atoms with Crippen LogP contribution in [-0.2, 0) is 4.74 Å². The lowest BCUT2D eigenvalue weighted by atomic mass is 10.2. The van der Waals surface area contributed by atoms with Gasteiger partial charge in [-0.05, 0) is 37.8 Å². The van der Waals surface area contributed by atoms with Crippen molar-refractivity contribution < 1.29 is 4.74 Å². The lowest BCUT2D eigenvalue weighted by Gasteiger charge is -2.23. The summed E-state index contributed by atoms with van der Waals surface area (Å²) in [6.07, 6.45) is 2.39. The Hall–Kier alpha value is -0.470. The highest BCUT2D eigenvalue weighted by Crippen LogP contribution is 2.33. The molecule has 15 heavy (non-hydrogen) atoms. The first-order valence-corrected chi connectivity index (χ1v) is 6.46. The van der Waals surface area contributed by atoms with Crippen molar-refractivity contribution in [2.75, 3.05) is 13.2 Å². The Kier molecular flexibility index (Phi) is 3.71. The minimum absolute atomic E-state index is 0.749. The van der Waals surface area contributed by atoms with Crippen LogP contribution >= 0.6 is 11.8 Å². The van der Waals surface area contributed by atoms with Gasteiger partial charge in [0, 0.05) is 23.4 Å². The summed E-state index contributed by atoms with van der Waals surface area (Å²) in [7, 11) is 0. The van der Waals surface area contributed by atoms with Crippen molar-refractivity contribution in [3.05, 3.63) is 29.3 Å². The predicted octanol–water partition coefficient (Wildman–Crippen LogP) is 3.57. The summed E-state index contributed by atoms with van der Waals surface area (Å²) in [5, 5.41) is 0.749. The fourth-order valence-corrected chi connectivity index (χ4v) is 3.21. The second-order valence-electron chi connectivity index (χ2n) is 4.15. The minimum Gasteiger partial charge on any atom is -0.381 e. The maximum atomic E-state index is 5.38. The summed E-state index contributed by atoms with van der Waals surface area (Å²) in [5.41, 5.74) is 2.82. The van der Waals surface area contributed by atoms with Crippen LogP contribution in [0.25, 0.3) is 0 Å². The molecule has 0 atom stereocenters. The Morgan fingerprint density at radius 2 is 1.73 bits per heavy atom. The highest BCUT2D eigenvalue weighted by atomic mass is 32.2. The number of rotatable bonds is 2. The van der Waals surface area contributed by atoms with Crippen molar-refractivity contribution >= 4 is 11.8 Å². The molecule has 1 aliphatic heterocycles. The molecule has 1 aromatic carbocycles. The Labute approximate surface area is 96.2 Å². The highest BCUT2D eigenvalue weighted by Gasteiger charge is 2.16. The van der Waals surface area contributed by atoms with Crippen LogP contribution in [-0.4, -0.2) is 18.5 Å². The number of ether oxygens (including phenoxy) is 1. The second kappa shape index (κ2) is 5.04. The van der Waals surface area contributed by atoms with Gasteiger partial charge in [0.15, 0.2) is 0 Å². The molecule has 0 bridgehead atoms. The van der Waals surface area contributed by atoms with E-state index in [1.54, 1.807) is 0 Å². The average molecular weight is 222 g/mol. The molecule has 0 N–H and O–H groups in total. The molecule has 0 amide bonds. The number of aryl methyl sites for hydroxylation is 2. The van der Waals surface area contributed by atoms with Gasteiger partial charge < -0.3 is 4.74 Å². The summed E-state index contributed by atoms with van der Waals surface area (Å²) in [6, 6.07) is 6.54. The van der Waals surface area contributed by atoms with E-state index in [0.29, 0.717) is 0 Å². The molecule has 1 aliphatic rings. The molecule has 2 rings (SSSR count). The van der Waals surface area contributed by atoms with Crippen molar-refractivity contribution in [2.45, 2.75) is 36.8 Å². The van der Waals surface area contributed by atoms with Gasteiger partial charge in [-0.25, -0.2) is 0 Å². The van der Waals surface area contributed by atoms with E-state index in [1.807, 2.05) is 11.8 Å². The van der Waals surface area contributed by atoms with Crippen LogP contribution in [0.1, 0.15) is 24.0 Å². The summed E-state index contributed by atoms with van der Waals surface area (Å²) < 4.78 is 5.38. The smallest absolute Gasteiger partial charge is 0.0476 e. The van der Waals surface area contributed by atoms with Gasteiger partial charge in [-0.2, -0.15) is 0 Å². The van der Waals surface area contributed by atoms with Gasteiger partial charge in [-0.15, -0.1) is 11.8 Å². The largest absolute Gasteiger partial charge is 0.381 e. The van der Waals surface area contributed by atoms with Crippen molar-refractivity contribution in [3.8, 4) is 0 Å². The van der Waals surface area contributed by atoms with Crippen LogP contribution in [0, 0.1) is 13.8 Å². The minimum atomic E-state index is 0.749. The molecule has 82 valence electrons. The van der Waals surface area contributed by atoms with Crippen molar-refractivity contribution in [1.82, 2.24) is 0 Å². The second-order valence-corrected chi connectivity index (χ2v) is 5.46. The Morgan fingerprint density at radius 3 is 2.33 bits per heavy atom. The van der Waals surface area contributed by atoms with Gasteiger partial charge in [-0.1, -0.05) is 18.2 Å². The highest BCUT2D eigenvalue weighted by molar-refractivity contribution is 8.00. The molecule has 2 heteroatoms. The third kappa shape index (κ3) is 2.76. The van der Waals surface area contributed by atoms with Crippen LogP contribution in [0.5, 0.6) is 0 Å². The third-order valence-corrected chi connectivity index (χ3v) is 4.55. The molecule has 1 heterocycles. The molecular formula is C13H18OS. The lowest BCUT2D eigenvalue weighted by Crippen LogP contribution is -2.17. The van der Waals surface area contributed by atoms with Crippen LogP contribution in [0.2, 0.25) is 0 Å². The fraction of sp³-hybridized carbons (Fsp3) is 0.538. The molecule has 0 aromatic heterocycles. The van der Waals surface area contributed by atoms with Crippen molar-refractivity contribution in [2.24, 2.45) is 0 Å². The molecular weight excluding hydrogens is 204 g/mol. The molecule has 0 spiro atoms. The molecule has 0 aliphatic carbocycles. The number of thioether (sulfide) groups is 1. The average Bonchev–Trinajstić information content (AvgIpc) is 2.25. The van der Waals surface area contributed by atoms with E-state index in [4.69, 9.17) is 4.74 Å². The molecule has 1 saturated heterocycles. The van der Waals surface area contributed by atoms with E-state index in [0.717, 1.165) is 18.5 Å². The normalized spacial score (nSPS) is 18.0. The number of hydrogen-bond donors (Lipinski definition) is 0. The predicted molar refractivity (Wildman–Crippen MR) is 65.6 cm³/mol. The SMILES string of the molecule is Cc1cccc(C)c1SC1CCOCC1. The number of hydrogen-bond acceptors (Lipinski definition) is 2. The Balaban J connectivity index is 2.09. The lowest BCUT2D eigenvalue weighted by molar-refractivity contribution is 0.1000. The first-order chi connectivity index (χ1) is 7.27. The van der Waals surface area contributed by atoms with E-state index in [9.17, 15) is 0 Å². The zero-order valence-corrected chi connectivity index (χ0v) is 10.3. The first kappa shape index (κ1) is 11.0. The van der Waals surface area contributed by atoms with E-state index < -0.39 is 0 Å². The topological polar surface area (TPSA) is 9.23 Å². The van der Waals surface area contributed by atoms with E-state index >= 15 is 0 Å². The standard InChI is InChI=1S/C13H18OS/c1-10-4-3-5-11(2)13(10)15-12-6-8-14-9-7-12/h3-5,12H,6-9H2,1-2H3. The van der Waals surface area contributed by atoms with Gasteiger partial charge in [0.25, 0.3) is 0 Å². The molecule has 0 unspecified atom stereocenters. The van der Waals surface area contributed by atoms with Crippen LogP contribution < -0.4 is 0 Å². The summed E-state index contributed by atoms with van der Waals surface area (Å²) in [5.74, 6) is 0. The van der Waals surface area contributed by atoms with Gasteiger partial charge >= 0.3 is 0 Å². The van der Waals surface area contributed by atoms with E-state index in [2.05, 4.69) is 32.0 Å². The van der Waals surface area contributed by atoms with E-state index in [1.165, 1.54) is 28.9 Å². The van der Waals surface area contributed by atoms with Crippen molar-refractivity contribution in [1.29, 1.82) is 0 Å². The van der Waals surface area contributed by atoms with Crippen LogP contribution in [0.15, 0.2) is 23.1 Å². The zero-order valence-electron chi connectivity index (χ0n) is 9.45. The number of benzene rings is 1. The van der Waals surface area contributed by atoms with Gasteiger partial charge in [-0.3, -0.25) is 0 Å². The molecule has 1 nitrogen and oxygen atoms in total. The van der Waals surface area contributed by atoms with Crippen LogP contribution in [0.3, 0.4) is 0 Å². The summed E-state index contributed by atoms with van der Waals surface area (Å²) in [4.78, 5) is 1.48. The Morgan fingerprint density at radius 1 is 1.13 bits per heavy atom. The monoisotopic (exact) mass is 222 g/mol. The Bertz CT molecular complexity index is 309. The fourth-order valence-electron chi connectivity index (χ4n) is 1.95. The van der Waals surface area contributed by atoms with Gasteiger partial charge in [0.05, 0.1) is 0 Å². The molecule has 1 aromatic rings. The van der Waals surface area contributed by atoms with Crippen molar-refractivity contribution in [3.63, 3.8) is 0 Å². The molecule has 0 saturated carbocycles. The van der Waals surface area contributed by atoms with Gasteiger partial charge in [0.2, 0.25) is 0 Å². The maximum Gasteiger partial charge on any atom is 0.0476 e. The zero-order chi connectivity index (χ0) is 10.7. The van der Waals surface area contributed by atoms with Crippen LogP contribution in [0.4, 0.5) is 0 Å².